The van der Waals surface area contributed by atoms with Crippen molar-refractivity contribution < 1.29 is 9.84 Å². The smallest absolute Gasteiger partial charge is 0.191 e. The molecule has 0 radical (unpaired) electrons. The third kappa shape index (κ3) is 9.62. The van der Waals surface area contributed by atoms with E-state index < -0.39 is 0 Å². The van der Waals surface area contributed by atoms with Gasteiger partial charge in [-0.3, -0.25) is 0 Å². The first kappa shape index (κ1) is 25.0. The highest BCUT2D eigenvalue weighted by Crippen LogP contribution is 2.19. The largest absolute Gasteiger partial charge is 0.494 e. The highest BCUT2D eigenvalue weighted by molar-refractivity contribution is 14.0. The van der Waals surface area contributed by atoms with Crippen molar-refractivity contribution in [1.82, 2.24) is 10.6 Å². The molecule has 0 saturated carbocycles. The molecule has 0 aliphatic carbocycles. The molecule has 0 fully saturated rings. The number of nitrogens with one attached hydrogen (secondary N) is 2. The molecule has 26 heavy (non-hydrogen) atoms. The topological polar surface area (TPSA) is 65.9 Å². The molecule has 0 bridgehead atoms. The fourth-order valence-electron chi connectivity index (χ4n) is 2.82. The first-order valence-electron chi connectivity index (χ1n) is 9.49. The highest BCUT2D eigenvalue weighted by atomic mass is 127. The quantitative estimate of drug-likeness (QED) is 0.257. The minimum absolute atomic E-state index is 0. The molecule has 0 spiro atoms. The molecule has 1 atom stereocenters. The van der Waals surface area contributed by atoms with Crippen molar-refractivity contribution in [1.29, 1.82) is 0 Å². The third-order valence-corrected chi connectivity index (χ3v) is 4.10. The lowest BCUT2D eigenvalue weighted by atomic mass is 10.0. The summed E-state index contributed by atoms with van der Waals surface area (Å²) in [7, 11) is 0. The van der Waals surface area contributed by atoms with E-state index in [9.17, 15) is 5.11 Å². The molecule has 3 N–H and O–H groups in total. The maximum Gasteiger partial charge on any atom is 0.191 e. The highest BCUT2D eigenvalue weighted by Gasteiger charge is 2.08. The summed E-state index contributed by atoms with van der Waals surface area (Å²) in [5.41, 5.74) is 2.30. The Bertz CT molecular complexity index is 518. The van der Waals surface area contributed by atoms with Crippen LogP contribution in [0, 0.1) is 12.8 Å². The summed E-state index contributed by atoms with van der Waals surface area (Å²) in [6, 6.07) is 6.21. The standard InChI is InChI=1S/C20H35N3O2.HI/c1-5-8-17(11-12-24)14-22-20(21-6-2)23-15-18-9-10-19(25-7-3)16(4)13-18;/h9-10,13,17,24H,5-8,11-12,14-15H2,1-4H3,(H2,21,22,23);1H. The fourth-order valence-corrected chi connectivity index (χ4v) is 2.82. The summed E-state index contributed by atoms with van der Waals surface area (Å²) >= 11 is 0. The number of aliphatic imine (C=N–C) groups is 1. The van der Waals surface area contributed by atoms with Crippen LogP contribution in [0.2, 0.25) is 0 Å². The van der Waals surface area contributed by atoms with Crippen LogP contribution in [-0.2, 0) is 6.54 Å². The lowest BCUT2D eigenvalue weighted by Crippen LogP contribution is -2.40. The molecule has 1 aromatic carbocycles. The summed E-state index contributed by atoms with van der Waals surface area (Å²) in [5, 5.41) is 15.9. The first-order chi connectivity index (χ1) is 12.1. The maximum atomic E-state index is 9.19. The van der Waals surface area contributed by atoms with Crippen LogP contribution in [0.4, 0.5) is 0 Å². The second-order valence-electron chi connectivity index (χ2n) is 6.28. The van der Waals surface area contributed by atoms with Crippen LogP contribution >= 0.6 is 24.0 Å². The molecule has 0 aliphatic heterocycles. The van der Waals surface area contributed by atoms with E-state index >= 15 is 0 Å². The molecule has 1 rings (SSSR count). The van der Waals surface area contributed by atoms with E-state index in [4.69, 9.17) is 4.74 Å². The molecule has 0 amide bonds. The molecule has 5 nitrogen and oxygen atoms in total. The van der Waals surface area contributed by atoms with E-state index in [2.05, 4.69) is 48.5 Å². The van der Waals surface area contributed by atoms with Gasteiger partial charge in [-0.25, -0.2) is 4.99 Å². The average molecular weight is 477 g/mol. The summed E-state index contributed by atoms with van der Waals surface area (Å²) in [4.78, 5) is 4.68. The summed E-state index contributed by atoms with van der Waals surface area (Å²) in [6.07, 6.45) is 3.08. The van der Waals surface area contributed by atoms with E-state index in [1.54, 1.807) is 0 Å². The van der Waals surface area contributed by atoms with Crippen LogP contribution in [0.5, 0.6) is 5.75 Å². The zero-order chi connectivity index (χ0) is 18.5. The van der Waals surface area contributed by atoms with Gasteiger partial charge in [0.05, 0.1) is 13.2 Å². The Morgan fingerprint density at radius 3 is 2.54 bits per heavy atom. The molecule has 0 aromatic heterocycles. The number of aryl methyl sites for hydroxylation is 1. The van der Waals surface area contributed by atoms with Crippen molar-refractivity contribution in [2.24, 2.45) is 10.9 Å². The molecule has 0 heterocycles. The Hall–Kier alpha value is -1.02. The Balaban J connectivity index is 0.00000625. The number of aliphatic hydroxyl groups is 1. The van der Waals surface area contributed by atoms with E-state index in [0.717, 1.165) is 49.6 Å². The molecule has 0 aliphatic rings. The van der Waals surface area contributed by atoms with Gasteiger partial charge < -0.3 is 20.5 Å². The van der Waals surface area contributed by atoms with Crippen LogP contribution in [0.3, 0.4) is 0 Å². The predicted octanol–water partition coefficient (Wildman–Crippen LogP) is 3.87. The van der Waals surface area contributed by atoms with Gasteiger partial charge in [-0.15, -0.1) is 24.0 Å². The number of rotatable bonds is 11. The molecule has 1 aromatic rings. The molecule has 150 valence electrons. The molecule has 6 heteroatoms. The summed E-state index contributed by atoms with van der Waals surface area (Å²) in [5.74, 6) is 2.24. The summed E-state index contributed by atoms with van der Waals surface area (Å²) in [6.45, 7) is 11.5. The fraction of sp³-hybridized carbons (Fsp3) is 0.650. The zero-order valence-corrected chi connectivity index (χ0v) is 19.0. The molecular formula is C20H36IN3O2. The number of hydrogen-bond acceptors (Lipinski definition) is 3. The maximum absolute atomic E-state index is 9.19. The van der Waals surface area contributed by atoms with Crippen LogP contribution in [0.1, 0.15) is 51.2 Å². The van der Waals surface area contributed by atoms with Crippen molar-refractivity contribution in [3.8, 4) is 5.75 Å². The Morgan fingerprint density at radius 2 is 1.96 bits per heavy atom. The average Bonchev–Trinajstić information content (AvgIpc) is 2.60. The second-order valence-corrected chi connectivity index (χ2v) is 6.28. The third-order valence-electron chi connectivity index (χ3n) is 4.10. The number of nitrogens with zero attached hydrogens (tertiary/aromatic N) is 1. The Labute approximate surface area is 176 Å². The van der Waals surface area contributed by atoms with Gasteiger partial charge in [-0.05, 0) is 56.7 Å². The van der Waals surface area contributed by atoms with E-state index in [1.807, 2.05) is 13.0 Å². The predicted molar refractivity (Wildman–Crippen MR) is 121 cm³/mol. The second kappa shape index (κ2) is 15.1. The Kier molecular flexibility index (Phi) is 14.5. The molecular weight excluding hydrogens is 441 g/mol. The van der Waals surface area contributed by atoms with Crippen LogP contribution in [0.15, 0.2) is 23.2 Å². The van der Waals surface area contributed by atoms with Gasteiger partial charge in [-0.2, -0.15) is 0 Å². The minimum Gasteiger partial charge on any atom is -0.494 e. The lowest BCUT2D eigenvalue weighted by molar-refractivity contribution is 0.251. The van der Waals surface area contributed by atoms with Gasteiger partial charge in [0.15, 0.2) is 5.96 Å². The Morgan fingerprint density at radius 1 is 1.19 bits per heavy atom. The van der Waals surface area contributed by atoms with Gasteiger partial charge in [-0.1, -0.05) is 25.5 Å². The monoisotopic (exact) mass is 477 g/mol. The van der Waals surface area contributed by atoms with Crippen LogP contribution in [-0.4, -0.2) is 37.4 Å². The molecule has 0 saturated heterocycles. The van der Waals surface area contributed by atoms with Crippen molar-refractivity contribution in [2.45, 2.75) is 53.5 Å². The number of hydrogen-bond donors (Lipinski definition) is 3. The van der Waals surface area contributed by atoms with Crippen molar-refractivity contribution >= 4 is 29.9 Å². The number of aliphatic hydroxyl groups excluding tert-OH is 1. The van der Waals surface area contributed by atoms with Gasteiger partial charge in [0.25, 0.3) is 0 Å². The van der Waals surface area contributed by atoms with E-state index in [-0.39, 0.29) is 30.6 Å². The first-order valence-corrected chi connectivity index (χ1v) is 9.49. The zero-order valence-electron chi connectivity index (χ0n) is 16.7. The minimum atomic E-state index is 0. The molecule has 1 unspecified atom stereocenters. The van der Waals surface area contributed by atoms with Crippen LogP contribution in [0.25, 0.3) is 0 Å². The van der Waals surface area contributed by atoms with Crippen molar-refractivity contribution in [2.75, 3.05) is 26.3 Å². The van der Waals surface area contributed by atoms with Gasteiger partial charge in [0.2, 0.25) is 0 Å². The van der Waals surface area contributed by atoms with Gasteiger partial charge in [0, 0.05) is 19.7 Å². The number of guanidine groups is 1. The number of benzene rings is 1. The summed E-state index contributed by atoms with van der Waals surface area (Å²) < 4.78 is 5.59. The van der Waals surface area contributed by atoms with Gasteiger partial charge in [0.1, 0.15) is 5.75 Å². The van der Waals surface area contributed by atoms with Gasteiger partial charge >= 0.3 is 0 Å². The van der Waals surface area contributed by atoms with E-state index in [1.165, 1.54) is 5.56 Å². The van der Waals surface area contributed by atoms with Crippen LogP contribution < -0.4 is 15.4 Å². The normalized spacial score (nSPS) is 12.3. The lowest BCUT2D eigenvalue weighted by Gasteiger charge is -2.18. The SMILES string of the molecule is CCCC(CCO)CNC(=NCc1ccc(OCC)c(C)c1)NCC.I. The van der Waals surface area contributed by atoms with Crippen molar-refractivity contribution in [3.05, 3.63) is 29.3 Å². The number of ether oxygens (including phenoxy) is 1. The number of halogens is 1. The van der Waals surface area contributed by atoms with Crippen molar-refractivity contribution in [3.63, 3.8) is 0 Å². The van der Waals surface area contributed by atoms with E-state index in [0.29, 0.717) is 19.1 Å².